The van der Waals surface area contributed by atoms with Crippen molar-refractivity contribution in [1.82, 2.24) is 0 Å². The van der Waals surface area contributed by atoms with Crippen molar-refractivity contribution < 1.29 is 9.59 Å². The third-order valence-electron chi connectivity index (χ3n) is 3.51. The average molecular weight is 226 g/mol. The summed E-state index contributed by atoms with van der Waals surface area (Å²) < 4.78 is 0. The zero-order valence-electron chi connectivity index (χ0n) is 10.3. The van der Waals surface area contributed by atoms with Crippen LogP contribution < -0.4 is 11.5 Å². The molecule has 4 N–H and O–H groups in total. The molecule has 4 heteroatoms. The van der Waals surface area contributed by atoms with Gasteiger partial charge in [0.15, 0.2) is 0 Å². The molecule has 0 radical (unpaired) electrons. The first-order valence-corrected chi connectivity index (χ1v) is 5.81. The van der Waals surface area contributed by atoms with Crippen molar-refractivity contribution in [3.05, 3.63) is 0 Å². The number of carbonyl (C=O) groups is 2. The Kier molecular flexibility index (Phi) is 3.61. The molecular formula is C12H22N2O2. The molecule has 2 atom stereocenters. The first-order chi connectivity index (χ1) is 7.23. The van der Waals surface area contributed by atoms with Crippen LogP contribution >= 0.6 is 0 Å². The molecule has 0 spiro atoms. The Morgan fingerprint density at radius 3 is 2.06 bits per heavy atom. The standard InChI is InChI=1S/C12H22N2O2/c1-7-4-8(6-12(2,3)5-7)9(10(13)15)11(14)16/h7-9H,4-6H2,1-3H3,(H2,13,15)(H2,14,16). The number of amides is 2. The van der Waals surface area contributed by atoms with Gasteiger partial charge in [0, 0.05) is 0 Å². The third kappa shape index (κ3) is 2.97. The minimum absolute atomic E-state index is 0.00810. The summed E-state index contributed by atoms with van der Waals surface area (Å²) in [7, 11) is 0. The highest BCUT2D eigenvalue weighted by atomic mass is 16.2. The van der Waals surface area contributed by atoms with Crippen molar-refractivity contribution in [3.8, 4) is 0 Å². The summed E-state index contributed by atoms with van der Waals surface area (Å²) in [5, 5.41) is 0. The Hall–Kier alpha value is -1.06. The molecule has 0 saturated heterocycles. The quantitative estimate of drug-likeness (QED) is 0.704. The lowest BCUT2D eigenvalue weighted by Crippen LogP contribution is -2.44. The fourth-order valence-electron chi connectivity index (χ4n) is 3.28. The maximum Gasteiger partial charge on any atom is 0.230 e. The van der Waals surface area contributed by atoms with Crippen molar-refractivity contribution in [1.29, 1.82) is 0 Å². The molecule has 1 rings (SSSR count). The van der Waals surface area contributed by atoms with E-state index in [9.17, 15) is 9.59 Å². The Balaban J connectivity index is 2.85. The Morgan fingerprint density at radius 1 is 1.19 bits per heavy atom. The topological polar surface area (TPSA) is 86.2 Å². The molecule has 4 nitrogen and oxygen atoms in total. The molecule has 0 aromatic carbocycles. The van der Waals surface area contributed by atoms with E-state index in [1.165, 1.54) is 0 Å². The number of hydrogen-bond donors (Lipinski definition) is 2. The van der Waals surface area contributed by atoms with Crippen molar-refractivity contribution in [2.24, 2.45) is 34.6 Å². The summed E-state index contributed by atoms with van der Waals surface area (Å²) in [4.78, 5) is 22.6. The van der Waals surface area contributed by atoms with Gasteiger partial charge in [0.05, 0.1) is 0 Å². The molecule has 1 aliphatic rings. The summed E-state index contributed by atoms with van der Waals surface area (Å²) >= 11 is 0. The Labute approximate surface area is 96.8 Å². The van der Waals surface area contributed by atoms with Gasteiger partial charge >= 0.3 is 0 Å². The summed E-state index contributed by atoms with van der Waals surface area (Å²) in [6.07, 6.45) is 2.82. The van der Waals surface area contributed by atoms with Gasteiger partial charge in [0.25, 0.3) is 0 Å². The fourth-order valence-corrected chi connectivity index (χ4v) is 3.28. The lowest BCUT2D eigenvalue weighted by molar-refractivity contribution is -0.135. The molecule has 1 aliphatic carbocycles. The maximum absolute atomic E-state index is 11.3. The second-order valence-corrected chi connectivity index (χ2v) is 5.96. The van der Waals surface area contributed by atoms with Crippen LogP contribution in [0.15, 0.2) is 0 Å². The second kappa shape index (κ2) is 4.44. The zero-order chi connectivity index (χ0) is 12.5. The minimum atomic E-state index is -0.804. The van der Waals surface area contributed by atoms with Crippen molar-refractivity contribution in [2.45, 2.75) is 40.0 Å². The number of hydrogen-bond acceptors (Lipinski definition) is 2. The minimum Gasteiger partial charge on any atom is -0.369 e. The van der Waals surface area contributed by atoms with Gasteiger partial charge in [-0.25, -0.2) is 0 Å². The van der Waals surface area contributed by atoms with Crippen LogP contribution in [0.25, 0.3) is 0 Å². The van der Waals surface area contributed by atoms with Crippen molar-refractivity contribution in [3.63, 3.8) is 0 Å². The monoisotopic (exact) mass is 226 g/mol. The molecule has 0 aliphatic heterocycles. The van der Waals surface area contributed by atoms with Gasteiger partial charge in [0.2, 0.25) is 11.8 Å². The number of primary amides is 2. The van der Waals surface area contributed by atoms with E-state index < -0.39 is 17.7 Å². The summed E-state index contributed by atoms with van der Waals surface area (Å²) in [6.45, 7) is 6.47. The van der Waals surface area contributed by atoms with Gasteiger partial charge in [-0.2, -0.15) is 0 Å². The predicted octanol–water partition coefficient (Wildman–Crippen LogP) is 1.04. The molecule has 92 valence electrons. The van der Waals surface area contributed by atoms with E-state index in [0.29, 0.717) is 5.92 Å². The molecule has 2 unspecified atom stereocenters. The van der Waals surface area contributed by atoms with Crippen LogP contribution in [0.3, 0.4) is 0 Å². The summed E-state index contributed by atoms with van der Waals surface area (Å²) in [6, 6.07) is 0. The largest absolute Gasteiger partial charge is 0.369 e. The van der Waals surface area contributed by atoms with E-state index in [-0.39, 0.29) is 11.3 Å². The second-order valence-electron chi connectivity index (χ2n) is 5.96. The molecular weight excluding hydrogens is 204 g/mol. The van der Waals surface area contributed by atoms with E-state index in [0.717, 1.165) is 19.3 Å². The van der Waals surface area contributed by atoms with Gasteiger partial charge in [-0.05, 0) is 36.5 Å². The van der Waals surface area contributed by atoms with Gasteiger partial charge in [-0.3, -0.25) is 9.59 Å². The van der Waals surface area contributed by atoms with E-state index in [2.05, 4.69) is 20.8 Å². The maximum atomic E-state index is 11.3. The average Bonchev–Trinajstić information content (AvgIpc) is 1.96. The van der Waals surface area contributed by atoms with Crippen LogP contribution in [-0.4, -0.2) is 11.8 Å². The molecule has 2 amide bonds. The van der Waals surface area contributed by atoms with Gasteiger partial charge in [-0.15, -0.1) is 0 Å². The van der Waals surface area contributed by atoms with E-state index in [4.69, 9.17) is 11.5 Å². The fraction of sp³-hybridized carbons (Fsp3) is 0.833. The van der Waals surface area contributed by atoms with E-state index in [1.807, 2.05) is 0 Å². The van der Waals surface area contributed by atoms with E-state index in [1.54, 1.807) is 0 Å². The molecule has 0 heterocycles. The molecule has 16 heavy (non-hydrogen) atoms. The number of nitrogens with two attached hydrogens (primary N) is 2. The highest BCUT2D eigenvalue weighted by Gasteiger charge is 2.40. The van der Waals surface area contributed by atoms with Gasteiger partial charge in [-0.1, -0.05) is 20.8 Å². The zero-order valence-corrected chi connectivity index (χ0v) is 10.3. The van der Waals surface area contributed by atoms with Crippen molar-refractivity contribution in [2.75, 3.05) is 0 Å². The molecule has 0 aromatic rings. The van der Waals surface area contributed by atoms with Crippen LogP contribution in [0.5, 0.6) is 0 Å². The van der Waals surface area contributed by atoms with Gasteiger partial charge < -0.3 is 11.5 Å². The van der Waals surface area contributed by atoms with Gasteiger partial charge in [0.1, 0.15) is 5.92 Å². The number of carbonyl (C=O) groups excluding carboxylic acids is 2. The van der Waals surface area contributed by atoms with Crippen LogP contribution in [0.1, 0.15) is 40.0 Å². The first kappa shape index (κ1) is 13.0. The number of rotatable bonds is 3. The van der Waals surface area contributed by atoms with E-state index >= 15 is 0 Å². The summed E-state index contributed by atoms with van der Waals surface area (Å²) in [5.74, 6) is -1.45. The van der Waals surface area contributed by atoms with Crippen LogP contribution in [-0.2, 0) is 9.59 Å². The highest BCUT2D eigenvalue weighted by molar-refractivity contribution is 5.99. The molecule has 1 fully saturated rings. The first-order valence-electron chi connectivity index (χ1n) is 5.81. The Morgan fingerprint density at radius 2 is 1.69 bits per heavy atom. The Bertz CT molecular complexity index is 285. The van der Waals surface area contributed by atoms with Crippen molar-refractivity contribution >= 4 is 11.8 Å². The van der Waals surface area contributed by atoms with Crippen LogP contribution in [0.4, 0.5) is 0 Å². The normalized spacial score (nSPS) is 29.0. The van der Waals surface area contributed by atoms with Crippen LogP contribution in [0, 0.1) is 23.2 Å². The highest BCUT2D eigenvalue weighted by Crippen LogP contribution is 2.44. The lowest BCUT2D eigenvalue weighted by atomic mass is 9.64. The molecule has 0 aromatic heterocycles. The third-order valence-corrected chi connectivity index (χ3v) is 3.51. The molecule has 0 bridgehead atoms. The predicted molar refractivity (Wildman–Crippen MR) is 62.2 cm³/mol. The SMILES string of the molecule is CC1CC(C(C(N)=O)C(N)=O)CC(C)(C)C1. The molecule has 1 saturated carbocycles. The summed E-state index contributed by atoms with van der Waals surface area (Å²) in [5.41, 5.74) is 10.7. The lowest BCUT2D eigenvalue weighted by Gasteiger charge is -2.40. The smallest absolute Gasteiger partial charge is 0.230 e. The van der Waals surface area contributed by atoms with Crippen LogP contribution in [0.2, 0.25) is 0 Å².